The van der Waals surface area contributed by atoms with Crippen LogP contribution >= 0.6 is 32.3 Å². The number of carbonyl (C=O) groups is 2. The minimum absolute atomic E-state index is 0.153. The summed E-state index contributed by atoms with van der Waals surface area (Å²) in [6.07, 6.45) is 12.0. The molecule has 2 aromatic rings. The number of esters is 1. The van der Waals surface area contributed by atoms with E-state index in [1.54, 1.807) is 42.5 Å². The maximum absolute atomic E-state index is 13.3. The maximum Gasteiger partial charge on any atom is 0.321 e. The molecule has 0 N–H and O–H groups in total. The molecule has 7 heteroatoms. The van der Waals surface area contributed by atoms with Crippen molar-refractivity contribution in [2.75, 3.05) is 6.61 Å². The second-order valence-corrected chi connectivity index (χ2v) is 8.97. The van der Waals surface area contributed by atoms with Crippen molar-refractivity contribution >= 4 is 44.1 Å². The molecule has 0 bridgehead atoms. The summed E-state index contributed by atoms with van der Waals surface area (Å²) >= 11 is 12.5. The van der Waals surface area contributed by atoms with Gasteiger partial charge in [-0.3, -0.25) is 9.59 Å². The first-order chi connectivity index (χ1) is 16.6. The van der Waals surface area contributed by atoms with Crippen LogP contribution in [0.4, 0.5) is 0 Å². The van der Waals surface area contributed by atoms with Gasteiger partial charge in [0.2, 0.25) is 0 Å². The Kier molecular flexibility index (Phi) is 16.7. The van der Waals surface area contributed by atoms with Gasteiger partial charge in [0.05, 0.1) is 31.3 Å². The van der Waals surface area contributed by atoms with Gasteiger partial charge in [-0.1, -0.05) is 124 Å². The number of carbonyl (C=O) groups excluding carboxylic acids is 2. The minimum Gasteiger partial charge on any atom is -0.465 e. The fraction of sp³-hybridized carbons (Fsp3) is 0.481. The Morgan fingerprint density at radius 3 is 1.79 bits per heavy atom. The number of rotatable bonds is 15. The van der Waals surface area contributed by atoms with Crippen LogP contribution in [0.15, 0.2) is 48.5 Å². The highest BCUT2D eigenvalue weighted by molar-refractivity contribution is 7.00. The summed E-state index contributed by atoms with van der Waals surface area (Å²) in [7, 11) is 0.611. The molecular formula is C27H37Cl2O4P. The van der Waals surface area contributed by atoms with Gasteiger partial charge in [-0.2, -0.15) is 0 Å². The molecule has 0 aliphatic heterocycles. The largest absolute Gasteiger partial charge is 0.465 e. The van der Waals surface area contributed by atoms with E-state index in [-0.39, 0.29) is 15.6 Å². The molecule has 0 radical (unpaired) electrons. The average Bonchev–Trinajstić information content (AvgIpc) is 2.84. The van der Waals surface area contributed by atoms with Crippen LogP contribution < -0.4 is 0 Å². The number of ether oxygens (including phenoxy) is 1. The Morgan fingerprint density at radius 1 is 0.765 bits per heavy atom. The molecule has 2 atom stereocenters. The third-order valence-corrected chi connectivity index (χ3v) is 6.21. The van der Waals surface area contributed by atoms with E-state index in [1.165, 1.54) is 44.9 Å². The molecule has 0 saturated carbocycles. The van der Waals surface area contributed by atoms with E-state index in [4.69, 9.17) is 32.5 Å². The van der Waals surface area contributed by atoms with Crippen LogP contribution in [0, 0.1) is 0 Å². The fourth-order valence-corrected chi connectivity index (χ4v) is 4.35. The molecule has 0 amide bonds. The lowest BCUT2D eigenvalue weighted by Gasteiger charge is -2.17. The number of benzene rings is 2. The lowest BCUT2D eigenvalue weighted by molar-refractivity contribution is -0.144. The van der Waals surface area contributed by atoms with Crippen molar-refractivity contribution in [1.29, 1.82) is 0 Å². The molecule has 188 valence electrons. The second-order valence-electron chi connectivity index (χ2n) is 8.15. The molecule has 0 aliphatic carbocycles. The Morgan fingerprint density at radius 2 is 1.26 bits per heavy atom. The van der Waals surface area contributed by atoms with Gasteiger partial charge in [0, 0.05) is 0 Å². The second kappa shape index (κ2) is 18.7. The number of hydrogen-bond acceptors (Lipinski definition) is 4. The standard InChI is InChI=1S/C27H34Cl2O3.H3OP/c1-2-3-4-5-6-7-8-9-10-14-20-32-27(31)24(21-16-12-11-13-17-21)26(30)25-22(28)18-15-19-23(25)29;1-2/h11-13,15-19,24H,2-10,14,20H2,1H3;2H3. The zero-order chi connectivity index (χ0) is 25.2. The molecule has 0 heterocycles. The van der Waals surface area contributed by atoms with Crippen molar-refractivity contribution in [1.82, 2.24) is 0 Å². The van der Waals surface area contributed by atoms with Gasteiger partial charge >= 0.3 is 5.97 Å². The first kappa shape index (κ1) is 30.4. The fourth-order valence-electron chi connectivity index (χ4n) is 3.76. The number of unbranched alkanes of at least 4 members (excludes halogenated alkanes) is 9. The summed E-state index contributed by atoms with van der Waals surface area (Å²) in [4.78, 5) is 26.2. The quantitative estimate of drug-likeness (QED) is 0.0768. The van der Waals surface area contributed by atoms with Crippen molar-refractivity contribution in [2.24, 2.45) is 0 Å². The molecule has 0 aliphatic rings. The van der Waals surface area contributed by atoms with Crippen molar-refractivity contribution < 1.29 is 18.9 Å². The van der Waals surface area contributed by atoms with E-state index < -0.39 is 17.7 Å². The zero-order valence-corrected chi connectivity index (χ0v) is 23.0. The predicted molar refractivity (Wildman–Crippen MR) is 145 cm³/mol. The third-order valence-electron chi connectivity index (χ3n) is 5.58. The highest BCUT2D eigenvalue weighted by Crippen LogP contribution is 2.31. The van der Waals surface area contributed by atoms with Gasteiger partial charge in [-0.15, -0.1) is 0 Å². The van der Waals surface area contributed by atoms with Gasteiger partial charge in [0.1, 0.15) is 5.92 Å². The monoisotopic (exact) mass is 526 g/mol. The van der Waals surface area contributed by atoms with Gasteiger partial charge in [0.25, 0.3) is 0 Å². The van der Waals surface area contributed by atoms with E-state index in [9.17, 15) is 9.59 Å². The van der Waals surface area contributed by atoms with Gasteiger partial charge < -0.3 is 9.30 Å². The van der Waals surface area contributed by atoms with E-state index in [0.29, 0.717) is 21.3 Å². The molecule has 0 saturated heterocycles. The van der Waals surface area contributed by atoms with Crippen LogP contribution in [0.1, 0.15) is 93.0 Å². The Balaban J connectivity index is 0.00000281. The topological polar surface area (TPSA) is 60.4 Å². The number of Topliss-reactive ketones (excluding diaryl/α,β-unsaturated/α-hetero) is 1. The molecule has 2 unspecified atom stereocenters. The molecule has 0 fully saturated rings. The van der Waals surface area contributed by atoms with E-state index >= 15 is 0 Å². The number of hydrogen-bond donors (Lipinski definition) is 0. The first-order valence-electron chi connectivity index (χ1n) is 12.0. The van der Waals surface area contributed by atoms with Crippen molar-refractivity contribution in [2.45, 2.75) is 77.0 Å². The Labute approximate surface area is 216 Å². The van der Waals surface area contributed by atoms with Crippen LogP contribution in [0.25, 0.3) is 0 Å². The van der Waals surface area contributed by atoms with E-state index in [2.05, 4.69) is 6.92 Å². The van der Waals surface area contributed by atoms with E-state index in [1.807, 2.05) is 6.07 Å². The highest BCUT2D eigenvalue weighted by Gasteiger charge is 2.33. The van der Waals surface area contributed by atoms with Gasteiger partial charge in [-0.25, -0.2) is 0 Å². The Bertz CT molecular complexity index is 841. The summed E-state index contributed by atoms with van der Waals surface area (Å²) in [5, 5.41) is 0.455. The predicted octanol–water partition coefficient (Wildman–Crippen LogP) is 8.36. The summed E-state index contributed by atoms with van der Waals surface area (Å²) < 4.78 is 13.8. The van der Waals surface area contributed by atoms with Gasteiger partial charge in [0.15, 0.2) is 5.78 Å². The number of ketones is 1. The normalized spacial score (nSPS) is 11.4. The Hall–Kier alpha value is -1.61. The van der Waals surface area contributed by atoms with Crippen molar-refractivity contribution in [3.8, 4) is 0 Å². The lowest BCUT2D eigenvalue weighted by atomic mass is 9.90. The van der Waals surface area contributed by atoms with Crippen LogP contribution in [-0.4, -0.2) is 18.4 Å². The molecule has 2 rings (SSSR count). The molecule has 4 nitrogen and oxygen atoms in total. The summed E-state index contributed by atoms with van der Waals surface area (Å²) in [5.41, 5.74) is 0.724. The summed E-state index contributed by atoms with van der Waals surface area (Å²) in [6, 6.07) is 13.8. The zero-order valence-electron chi connectivity index (χ0n) is 20.1. The van der Waals surface area contributed by atoms with E-state index in [0.717, 1.165) is 19.3 Å². The van der Waals surface area contributed by atoms with Crippen LogP contribution in [0.5, 0.6) is 0 Å². The third kappa shape index (κ3) is 10.8. The first-order valence-corrected chi connectivity index (χ1v) is 13.4. The minimum atomic E-state index is -1.09. The summed E-state index contributed by atoms with van der Waals surface area (Å²) in [5.74, 6) is -2.09. The molecule has 2 aromatic carbocycles. The maximum atomic E-state index is 13.3. The van der Waals surface area contributed by atoms with Crippen LogP contribution in [0.2, 0.25) is 10.0 Å². The summed E-state index contributed by atoms with van der Waals surface area (Å²) in [6.45, 7) is 2.54. The highest BCUT2D eigenvalue weighted by atomic mass is 35.5. The molecule has 34 heavy (non-hydrogen) atoms. The van der Waals surface area contributed by atoms with Crippen molar-refractivity contribution in [3.05, 3.63) is 69.7 Å². The number of halogens is 2. The van der Waals surface area contributed by atoms with Gasteiger partial charge in [-0.05, 0) is 24.1 Å². The SMILES string of the molecule is CCCCCCCCCCCCOC(=O)C(C(=O)c1c(Cl)cccc1Cl)c1ccccc1.O=[PH3]. The van der Waals surface area contributed by atoms with Crippen LogP contribution in [-0.2, 0) is 14.1 Å². The lowest BCUT2D eigenvalue weighted by Crippen LogP contribution is -2.25. The molecule has 0 spiro atoms. The smallest absolute Gasteiger partial charge is 0.321 e. The average molecular weight is 527 g/mol. The van der Waals surface area contributed by atoms with Crippen LogP contribution in [0.3, 0.4) is 0 Å². The molecule has 0 aromatic heterocycles. The van der Waals surface area contributed by atoms with Crippen molar-refractivity contribution in [3.63, 3.8) is 0 Å². The molecular weight excluding hydrogens is 490 g/mol.